The van der Waals surface area contributed by atoms with Gasteiger partial charge in [-0.1, -0.05) is 318 Å². The second kappa shape index (κ2) is 55.2. The van der Waals surface area contributed by atoms with Crippen molar-refractivity contribution in [1.29, 1.82) is 0 Å². The van der Waals surface area contributed by atoms with Gasteiger partial charge in [-0.15, -0.1) is 0 Å². The molecule has 0 saturated heterocycles. The maximum absolute atomic E-state index is 12.9. The molecule has 416 valence electrons. The average molecular weight is 990 g/mol. The minimum absolute atomic E-state index is 0.0630. The second-order valence-electron chi connectivity index (χ2n) is 23.2. The van der Waals surface area contributed by atoms with E-state index < -0.39 is 6.10 Å². The van der Waals surface area contributed by atoms with Crippen LogP contribution in [0.3, 0.4) is 0 Å². The third-order valence-corrected chi connectivity index (χ3v) is 15.0. The Morgan fingerprint density at radius 3 is 0.743 bits per heavy atom. The van der Waals surface area contributed by atoms with Crippen LogP contribution < -0.4 is 0 Å². The highest BCUT2D eigenvalue weighted by atomic mass is 16.6. The summed E-state index contributed by atoms with van der Waals surface area (Å²) in [6.07, 6.45) is 59.6. The van der Waals surface area contributed by atoms with Crippen molar-refractivity contribution in [1.82, 2.24) is 0 Å². The van der Waals surface area contributed by atoms with Gasteiger partial charge in [-0.3, -0.25) is 14.4 Å². The molecular weight excluding hydrogens is 865 g/mol. The Balaban J connectivity index is 4.26. The fourth-order valence-corrected chi connectivity index (χ4v) is 9.85. The zero-order chi connectivity index (χ0) is 51.2. The Morgan fingerprint density at radius 1 is 0.286 bits per heavy atom. The molecule has 0 radical (unpaired) electrons. The molecule has 0 aromatic carbocycles. The molecule has 0 aliphatic rings. The fourth-order valence-electron chi connectivity index (χ4n) is 9.85. The molecule has 0 fully saturated rings. The van der Waals surface area contributed by atoms with Crippen molar-refractivity contribution >= 4 is 17.9 Å². The molecule has 0 bridgehead atoms. The molecule has 0 amide bonds. The number of carbonyl (C=O) groups excluding carboxylic acids is 3. The van der Waals surface area contributed by atoms with Crippen molar-refractivity contribution in [3.05, 3.63) is 0 Å². The van der Waals surface area contributed by atoms with Gasteiger partial charge in [-0.05, 0) is 37.0 Å². The van der Waals surface area contributed by atoms with E-state index in [2.05, 4.69) is 41.5 Å². The van der Waals surface area contributed by atoms with Crippen LogP contribution in [0.15, 0.2) is 0 Å². The normalized spacial score (nSPS) is 12.5. The zero-order valence-electron chi connectivity index (χ0n) is 48.3. The van der Waals surface area contributed by atoms with Crippen LogP contribution in [-0.4, -0.2) is 37.2 Å². The lowest BCUT2D eigenvalue weighted by Gasteiger charge is -2.18. The van der Waals surface area contributed by atoms with Crippen LogP contribution in [0.1, 0.15) is 356 Å². The van der Waals surface area contributed by atoms with E-state index in [1.54, 1.807) is 0 Å². The van der Waals surface area contributed by atoms with Gasteiger partial charge in [0.25, 0.3) is 0 Å². The molecule has 0 saturated carbocycles. The minimum atomic E-state index is -0.764. The van der Waals surface area contributed by atoms with Crippen molar-refractivity contribution in [2.45, 2.75) is 362 Å². The van der Waals surface area contributed by atoms with Crippen molar-refractivity contribution in [2.24, 2.45) is 17.8 Å². The number of hydrogen-bond acceptors (Lipinski definition) is 6. The van der Waals surface area contributed by atoms with E-state index in [9.17, 15) is 14.4 Å². The molecule has 6 nitrogen and oxygen atoms in total. The standard InChI is InChI=1S/C64H124O6/c1-7-60(6)52-46-40-34-28-21-17-12-10-8-9-11-13-19-23-31-37-43-49-55-64(67)70-61(57-69-63(66)54-48-42-36-30-25-24-27-33-39-45-51-59(4)5)56-68-62(65)53-47-41-35-29-22-18-15-14-16-20-26-32-38-44-50-58(2)3/h58-61H,7-57H2,1-6H3/t60?,61-/m0/s1. The number of ether oxygens (including phenoxy) is 3. The third-order valence-electron chi connectivity index (χ3n) is 15.0. The van der Waals surface area contributed by atoms with Crippen molar-refractivity contribution < 1.29 is 28.6 Å². The highest BCUT2D eigenvalue weighted by Gasteiger charge is 2.19. The molecule has 0 aliphatic carbocycles. The first kappa shape index (κ1) is 68.4. The van der Waals surface area contributed by atoms with Gasteiger partial charge < -0.3 is 14.2 Å². The van der Waals surface area contributed by atoms with Gasteiger partial charge in [0.05, 0.1) is 0 Å². The molecule has 0 rings (SSSR count). The fraction of sp³-hybridized carbons (Fsp3) is 0.953. The Labute approximate surface area is 438 Å². The van der Waals surface area contributed by atoms with Crippen molar-refractivity contribution in [3.63, 3.8) is 0 Å². The van der Waals surface area contributed by atoms with Gasteiger partial charge in [0, 0.05) is 19.3 Å². The van der Waals surface area contributed by atoms with E-state index in [1.807, 2.05) is 0 Å². The van der Waals surface area contributed by atoms with Crippen LogP contribution in [-0.2, 0) is 28.6 Å². The molecule has 0 aromatic rings. The quantitative estimate of drug-likeness (QED) is 0.0343. The van der Waals surface area contributed by atoms with Crippen LogP contribution in [0.4, 0.5) is 0 Å². The highest BCUT2D eigenvalue weighted by molar-refractivity contribution is 5.71. The van der Waals surface area contributed by atoms with Crippen LogP contribution in [0.5, 0.6) is 0 Å². The first-order chi connectivity index (χ1) is 34.1. The number of hydrogen-bond donors (Lipinski definition) is 0. The van der Waals surface area contributed by atoms with E-state index in [0.717, 1.165) is 75.5 Å². The lowest BCUT2D eigenvalue weighted by atomic mass is 9.99. The van der Waals surface area contributed by atoms with Gasteiger partial charge in [0.1, 0.15) is 13.2 Å². The largest absolute Gasteiger partial charge is 0.462 e. The topological polar surface area (TPSA) is 78.9 Å². The maximum atomic E-state index is 12.9. The molecule has 0 aromatic heterocycles. The molecule has 0 N–H and O–H groups in total. The number of esters is 3. The summed E-state index contributed by atoms with van der Waals surface area (Å²) >= 11 is 0. The van der Waals surface area contributed by atoms with Gasteiger partial charge >= 0.3 is 17.9 Å². The molecule has 0 heterocycles. The SMILES string of the molecule is CCC(C)CCCCCCCCCCCCCCCCCCCCC(=O)O[C@@H](COC(=O)CCCCCCCCCCCCCCCCC(C)C)COC(=O)CCCCCCCCCCCCC(C)C. The van der Waals surface area contributed by atoms with Gasteiger partial charge in [0.2, 0.25) is 0 Å². The smallest absolute Gasteiger partial charge is 0.306 e. The van der Waals surface area contributed by atoms with Crippen LogP contribution in [0, 0.1) is 17.8 Å². The molecule has 0 spiro atoms. The molecular formula is C64H124O6. The number of carbonyl (C=O) groups is 3. The monoisotopic (exact) mass is 989 g/mol. The molecule has 1 unspecified atom stereocenters. The first-order valence-corrected chi connectivity index (χ1v) is 31.6. The Morgan fingerprint density at radius 2 is 0.500 bits per heavy atom. The lowest BCUT2D eigenvalue weighted by molar-refractivity contribution is -0.167. The Kier molecular flexibility index (Phi) is 53.9. The Bertz CT molecular complexity index is 1090. The molecule has 2 atom stereocenters. The van der Waals surface area contributed by atoms with Gasteiger partial charge in [-0.25, -0.2) is 0 Å². The maximum Gasteiger partial charge on any atom is 0.306 e. The van der Waals surface area contributed by atoms with Crippen LogP contribution in [0.25, 0.3) is 0 Å². The molecule has 70 heavy (non-hydrogen) atoms. The van der Waals surface area contributed by atoms with Gasteiger partial charge in [-0.2, -0.15) is 0 Å². The van der Waals surface area contributed by atoms with E-state index in [4.69, 9.17) is 14.2 Å². The van der Waals surface area contributed by atoms with Crippen molar-refractivity contribution in [2.75, 3.05) is 13.2 Å². The summed E-state index contributed by atoms with van der Waals surface area (Å²) in [6, 6.07) is 0. The summed E-state index contributed by atoms with van der Waals surface area (Å²) in [7, 11) is 0. The minimum Gasteiger partial charge on any atom is -0.462 e. The van der Waals surface area contributed by atoms with E-state index in [-0.39, 0.29) is 31.1 Å². The number of rotatable bonds is 57. The van der Waals surface area contributed by atoms with E-state index >= 15 is 0 Å². The van der Waals surface area contributed by atoms with Crippen LogP contribution >= 0.6 is 0 Å². The zero-order valence-corrected chi connectivity index (χ0v) is 48.3. The van der Waals surface area contributed by atoms with E-state index in [1.165, 1.54) is 238 Å². The summed E-state index contributed by atoms with van der Waals surface area (Å²) in [6.45, 7) is 13.8. The Hall–Kier alpha value is -1.59. The molecule has 0 aliphatic heterocycles. The average Bonchev–Trinajstić information content (AvgIpc) is 3.33. The van der Waals surface area contributed by atoms with E-state index in [0.29, 0.717) is 19.3 Å². The summed E-state index contributed by atoms with van der Waals surface area (Å²) in [5, 5.41) is 0. The van der Waals surface area contributed by atoms with Gasteiger partial charge in [0.15, 0.2) is 6.10 Å². The predicted octanol–water partition coefficient (Wildman–Crippen LogP) is 21.1. The summed E-state index contributed by atoms with van der Waals surface area (Å²) in [4.78, 5) is 38.3. The molecule has 6 heteroatoms. The summed E-state index contributed by atoms with van der Waals surface area (Å²) in [5.41, 5.74) is 0. The van der Waals surface area contributed by atoms with Crippen LogP contribution in [0.2, 0.25) is 0 Å². The summed E-state index contributed by atoms with van der Waals surface area (Å²) in [5.74, 6) is 1.73. The number of unbranched alkanes of at least 4 members (excludes halogenated alkanes) is 39. The second-order valence-corrected chi connectivity index (χ2v) is 23.2. The summed E-state index contributed by atoms with van der Waals surface area (Å²) < 4.78 is 16.9. The highest BCUT2D eigenvalue weighted by Crippen LogP contribution is 2.19. The first-order valence-electron chi connectivity index (χ1n) is 31.6. The lowest BCUT2D eigenvalue weighted by Crippen LogP contribution is -2.30. The third kappa shape index (κ3) is 55.7. The van der Waals surface area contributed by atoms with Crippen molar-refractivity contribution in [3.8, 4) is 0 Å². The predicted molar refractivity (Wildman–Crippen MR) is 303 cm³/mol.